The Morgan fingerprint density at radius 2 is 0.883 bits per heavy atom. The molecule has 0 atom stereocenters. The van der Waals surface area contributed by atoms with E-state index >= 15 is 0 Å². The zero-order valence-corrected chi connectivity index (χ0v) is 36.5. The van der Waals surface area contributed by atoms with Gasteiger partial charge in [0.15, 0.2) is 0 Å². The third kappa shape index (κ3) is 6.15. The van der Waals surface area contributed by atoms with E-state index in [0.29, 0.717) is 0 Å². The predicted octanol–water partition coefficient (Wildman–Crippen LogP) is 16.7. The average molecular weight is 779 g/mol. The first-order valence-electron chi connectivity index (χ1n) is 21.5. The topological polar surface area (TPSA) is 8.17 Å². The summed E-state index contributed by atoms with van der Waals surface area (Å²) in [5.74, 6) is 0. The van der Waals surface area contributed by atoms with E-state index in [4.69, 9.17) is 0 Å². The molecule has 0 N–H and O–H groups in total. The van der Waals surface area contributed by atoms with Crippen molar-refractivity contribution in [3.8, 4) is 16.8 Å². The van der Waals surface area contributed by atoms with Crippen LogP contribution in [0.4, 0.5) is 17.1 Å². The molecule has 0 saturated heterocycles. The normalized spacial score (nSPS) is 12.8. The lowest BCUT2D eigenvalue weighted by atomic mass is 9.78. The molecule has 2 heteroatoms. The average Bonchev–Trinajstić information content (AvgIpc) is 3.56. The van der Waals surface area contributed by atoms with Crippen molar-refractivity contribution in [2.24, 2.45) is 0 Å². The summed E-state index contributed by atoms with van der Waals surface area (Å²) in [5, 5.41) is 10.1. The summed E-state index contributed by atoms with van der Waals surface area (Å²) in [7, 11) is 0. The van der Waals surface area contributed by atoms with Crippen LogP contribution in [0.3, 0.4) is 0 Å². The van der Waals surface area contributed by atoms with Crippen molar-refractivity contribution in [2.45, 2.75) is 78.6 Å². The Morgan fingerprint density at radius 1 is 0.383 bits per heavy atom. The van der Waals surface area contributed by atoms with Crippen LogP contribution < -0.4 is 4.90 Å². The minimum Gasteiger partial charge on any atom is -0.309 e. The molecule has 0 aliphatic rings. The maximum absolute atomic E-state index is 2.52. The number of benzene rings is 9. The highest BCUT2D eigenvalue weighted by Gasteiger charge is 2.27. The lowest BCUT2D eigenvalue weighted by Crippen LogP contribution is -2.17. The van der Waals surface area contributed by atoms with E-state index < -0.39 is 0 Å². The Balaban J connectivity index is 1.27. The van der Waals surface area contributed by atoms with Crippen LogP contribution >= 0.6 is 0 Å². The fourth-order valence-corrected chi connectivity index (χ4v) is 9.41. The second-order valence-electron chi connectivity index (χ2n) is 19.9. The number of anilines is 3. The smallest absolute Gasteiger partial charge is 0.0541 e. The van der Waals surface area contributed by atoms with Gasteiger partial charge in [-0.05, 0) is 109 Å². The van der Waals surface area contributed by atoms with Crippen molar-refractivity contribution in [3.05, 3.63) is 180 Å². The molecule has 9 aromatic carbocycles. The van der Waals surface area contributed by atoms with E-state index in [0.717, 1.165) is 11.4 Å². The van der Waals surface area contributed by atoms with Gasteiger partial charge < -0.3 is 9.47 Å². The summed E-state index contributed by atoms with van der Waals surface area (Å²) >= 11 is 0. The van der Waals surface area contributed by atoms with Gasteiger partial charge in [0.25, 0.3) is 0 Å². The minimum atomic E-state index is -0.0274. The molecule has 0 aliphatic carbocycles. The fourth-order valence-electron chi connectivity index (χ4n) is 9.41. The van der Waals surface area contributed by atoms with Crippen molar-refractivity contribution < 1.29 is 0 Å². The van der Waals surface area contributed by atoms with Crippen LogP contribution in [-0.4, -0.2) is 4.57 Å². The first-order valence-corrected chi connectivity index (χ1v) is 21.5. The number of para-hydroxylation sites is 3. The predicted molar refractivity (Wildman–Crippen MR) is 261 cm³/mol. The molecule has 10 aromatic rings. The first kappa shape index (κ1) is 37.9. The van der Waals surface area contributed by atoms with Gasteiger partial charge >= 0.3 is 0 Å². The largest absolute Gasteiger partial charge is 0.309 e. The van der Waals surface area contributed by atoms with Crippen LogP contribution in [0.1, 0.15) is 79.0 Å². The van der Waals surface area contributed by atoms with Gasteiger partial charge in [-0.2, -0.15) is 0 Å². The second kappa shape index (κ2) is 13.6. The Morgan fingerprint density at radius 3 is 1.48 bits per heavy atom. The van der Waals surface area contributed by atoms with Crippen LogP contribution in [0.15, 0.2) is 164 Å². The van der Waals surface area contributed by atoms with E-state index in [-0.39, 0.29) is 16.2 Å². The molecule has 0 aliphatic heterocycles. The van der Waals surface area contributed by atoms with Gasteiger partial charge in [-0.3, -0.25) is 0 Å². The molecule has 0 spiro atoms. The second-order valence-corrected chi connectivity index (χ2v) is 19.9. The third-order valence-corrected chi connectivity index (χ3v) is 12.8. The molecule has 0 amide bonds. The third-order valence-electron chi connectivity index (χ3n) is 12.8. The Kier molecular flexibility index (Phi) is 8.57. The van der Waals surface area contributed by atoms with Gasteiger partial charge in [-0.15, -0.1) is 0 Å². The molecule has 0 radical (unpaired) electrons. The van der Waals surface area contributed by atoms with Gasteiger partial charge in [0.1, 0.15) is 0 Å². The highest BCUT2D eigenvalue weighted by molar-refractivity contribution is 6.27. The Bertz CT molecular complexity index is 3160. The summed E-state index contributed by atoms with van der Waals surface area (Å²) in [6, 6.07) is 61.8. The van der Waals surface area contributed by atoms with Crippen LogP contribution in [0, 0.1) is 0 Å². The van der Waals surface area contributed by atoms with E-state index in [1.807, 2.05) is 0 Å². The van der Waals surface area contributed by atoms with E-state index in [2.05, 4.69) is 236 Å². The minimum absolute atomic E-state index is 0.0128. The van der Waals surface area contributed by atoms with Crippen LogP contribution in [-0.2, 0) is 16.2 Å². The number of rotatable bonds is 5. The van der Waals surface area contributed by atoms with Crippen molar-refractivity contribution >= 4 is 71.2 Å². The summed E-state index contributed by atoms with van der Waals surface area (Å²) in [6.07, 6.45) is 0. The maximum atomic E-state index is 2.52. The first-order chi connectivity index (χ1) is 28.7. The van der Waals surface area contributed by atoms with E-state index in [1.165, 1.54) is 93.3 Å². The summed E-state index contributed by atoms with van der Waals surface area (Å²) in [6.45, 7) is 21.0. The van der Waals surface area contributed by atoms with Gasteiger partial charge in [-0.1, -0.05) is 178 Å². The highest BCUT2D eigenvalue weighted by Crippen LogP contribution is 2.49. The van der Waals surface area contributed by atoms with Crippen LogP contribution in [0.2, 0.25) is 0 Å². The monoisotopic (exact) mass is 778 g/mol. The quantitative estimate of drug-likeness (QED) is 0.158. The molecular weight excluding hydrogens is 725 g/mol. The molecule has 0 unspecified atom stereocenters. The van der Waals surface area contributed by atoms with E-state index in [1.54, 1.807) is 0 Å². The van der Waals surface area contributed by atoms with Crippen LogP contribution in [0.5, 0.6) is 0 Å². The number of hydrogen-bond acceptors (Lipinski definition) is 1. The number of aromatic nitrogens is 1. The van der Waals surface area contributed by atoms with Gasteiger partial charge in [-0.25, -0.2) is 0 Å². The van der Waals surface area contributed by atoms with Crippen molar-refractivity contribution in [3.63, 3.8) is 0 Å². The molecule has 2 nitrogen and oxygen atoms in total. The van der Waals surface area contributed by atoms with E-state index in [9.17, 15) is 0 Å². The molecule has 60 heavy (non-hydrogen) atoms. The Hall–Kier alpha value is -6.38. The summed E-state index contributed by atoms with van der Waals surface area (Å²) < 4.78 is 2.47. The number of hydrogen-bond donors (Lipinski definition) is 0. The standard InChI is InChI=1S/C58H54N2/c1-56(2,3)40-27-32-53(48(36-40)39-33-41(57(4,5)6)35-42(34-39)58(7,8)9)59(43-17-11-10-12-18-43)51-30-25-37-24-29-47-52(31-26-38-23-28-46(51)54(37)55(38)47)60-49-21-15-13-19-44(49)45-20-14-16-22-50(45)60/h10-36H,1-9H3. The lowest BCUT2D eigenvalue weighted by Gasteiger charge is -2.32. The van der Waals surface area contributed by atoms with Crippen molar-refractivity contribution in [2.75, 3.05) is 4.90 Å². The molecule has 296 valence electrons. The zero-order valence-electron chi connectivity index (χ0n) is 36.5. The number of fused-ring (bicyclic) bond motifs is 3. The zero-order chi connectivity index (χ0) is 41.7. The van der Waals surface area contributed by atoms with Gasteiger partial charge in [0, 0.05) is 32.8 Å². The SMILES string of the molecule is CC(C)(C)c1cc(-c2cc(C(C)(C)C)ccc2N(c2ccccc2)c2ccc3ccc4c(-n5c6ccccc6c6ccccc65)ccc5ccc2c3c54)cc(C(C)(C)C)c1. The van der Waals surface area contributed by atoms with Gasteiger partial charge in [0.2, 0.25) is 0 Å². The molecule has 0 saturated carbocycles. The summed E-state index contributed by atoms with van der Waals surface area (Å²) in [4.78, 5) is 2.52. The molecular formula is C58H54N2. The summed E-state index contributed by atoms with van der Waals surface area (Å²) in [5.41, 5.74) is 13.6. The van der Waals surface area contributed by atoms with Crippen molar-refractivity contribution in [1.29, 1.82) is 0 Å². The molecule has 0 bridgehead atoms. The molecule has 1 aromatic heterocycles. The van der Waals surface area contributed by atoms with Crippen LogP contribution in [0.25, 0.3) is 70.9 Å². The molecule has 10 rings (SSSR count). The molecule has 1 heterocycles. The maximum Gasteiger partial charge on any atom is 0.0541 e. The lowest BCUT2D eigenvalue weighted by molar-refractivity contribution is 0.569. The highest BCUT2D eigenvalue weighted by atomic mass is 15.1. The Labute approximate surface area is 355 Å². The fraction of sp³-hybridized carbons (Fsp3) is 0.207. The number of nitrogens with zero attached hydrogens (tertiary/aromatic N) is 2. The van der Waals surface area contributed by atoms with Crippen molar-refractivity contribution in [1.82, 2.24) is 4.57 Å². The molecule has 0 fully saturated rings. The van der Waals surface area contributed by atoms with Gasteiger partial charge in [0.05, 0.1) is 28.1 Å².